The molecule has 35 heavy (non-hydrogen) atoms. The predicted molar refractivity (Wildman–Crippen MR) is 131 cm³/mol. The van der Waals surface area contributed by atoms with E-state index in [1.165, 1.54) is 39.7 Å². The minimum absolute atomic E-state index is 0.0786. The third kappa shape index (κ3) is 6.78. The van der Waals surface area contributed by atoms with Gasteiger partial charge >= 0.3 is 0 Å². The van der Waals surface area contributed by atoms with Crippen LogP contribution in [0.15, 0.2) is 80.7 Å². The third-order valence-corrected chi connectivity index (χ3v) is 8.12. The molecule has 1 saturated heterocycles. The minimum atomic E-state index is -3.96. The first kappa shape index (κ1) is 25.6. The van der Waals surface area contributed by atoms with E-state index in [9.17, 15) is 17.6 Å². The zero-order valence-electron chi connectivity index (χ0n) is 19.0. The zero-order chi connectivity index (χ0) is 24.8. The van der Waals surface area contributed by atoms with Crippen molar-refractivity contribution < 1.29 is 26.8 Å². The first-order valence-electron chi connectivity index (χ1n) is 11.2. The summed E-state index contributed by atoms with van der Waals surface area (Å²) < 4.78 is 53.5. The monoisotopic (exact) mass is 564 g/mol. The normalized spacial score (nSPS) is 16.0. The first-order valence-corrected chi connectivity index (χ1v) is 13.5. The van der Waals surface area contributed by atoms with Crippen molar-refractivity contribution >= 4 is 31.9 Å². The van der Waals surface area contributed by atoms with Gasteiger partial charge in [0, 0.05) is 24.2 Å². The molecule has 0 spiro atoms. The van der Waals surface area contributed by atoms with E-state index in [2.05, 4.69) is 15.9 Å². The van der Waals surface area contributed by atoms with Gasteiger partial charge in [-0.2, -0.15) is 4.31 Å². The molecule has 0 aliphatic carbocycles. The summed E-state index contributed by atoms with van der Waals surface area (Å²) in [6.45, 7) is 0.608. The molecular weight excluding hydrogens is 539 g/mol. The number of rotatable bonds is 10. The lowest BCUT2D eigenvalue weighted by atomic mass is 10.2. The van der Waals surface area contributed by atoms with Gasteiger partial charge in [0.15, 0.2) is 0 Å². The summed E-state index contributed by atoms with van der Waals surface area (Å²) in [6.07, 6.45) is 2.81. The lowest BCUT2D eigenvalue weighted by molar-refractivity contribution is -0.133. The van der Waals surface area contributed by atoms with Crippen molar-refractivity contribution in [3.05, 3.63) is 88.5 Å². The molecule has 2 aromatic carbocycles. The number of benzene rings is 2. The Labute approximate surface area is 212 Å². The van der Waals surface area contributed by atoms with Gasteiger partial charge in [-0.05, 0) is 66.9 Å². The van der Waals surface area contributed by atoms with E-state index in [1.54, 1.807) is 36.4 Å². The Morgan fingerprint density at radius 3 is 2.43 bits per heavy atom. The Morgan fingerprint density at radius 2 is 1.80 bits per heavy atom. The number of hydrogen-bond donors (Lipinski definition) is 0. The standard InChI is InChI=1S/C25H26BrFN2O5S/c26-20-7-11-24(12-8-20)35(31,32)29(17-23-4-2-14-34-23)18-25(30)28(16-22-3-1-13-33-22)15-19-5-9-21(27)10-6-19/h1,3,5-13,23H,2,4,14-18H2. The van der Waals surface area contributed by atoms with E-state index in [0.717, 1.165) is 17.3 Å². The largest absolute Gasteiger partial charge is 0.467 e. The van der Waals surface area contributed by atoms with Crippen LogP contribution in [0.1, 0.15) is 24.2 Å². The molecule has 4 rings (SSSR count). The van der Waals surface area contributed by atoms with Crippen LogP contribution in [0.2, 0.25) is 0 Å². The Balaban J connectivity index is 1.59. The number of nitrogens with zero attached hydrogens (tertiary/aromatic N) is 2. The number of carbonyl (C=O) groups is 1. The van der Waals surface area contributed by atoms with E-state index in [-0.39, 0.29) is 43.0 Å². The second-order valence-electron chi connectivity index (χ2n) is 8.34. The number of furan rings is 1. The van der Waals surface area contributed by atoms with Crippen LogP contribution in [-0.2, 0) is 32.6 Å². The second-order valence-corrected chi connectivity index (χ2v) is 11.2. The number of sulfonamides is 1. The van der Waals surface area contributed by atoms with Crippen LogP contribution in [0.25, 0.3) is 0 Å². The average Bonchev–Trinajstić information content (AvgIpc) is 3.54. The Morgan fingerprint density at radius 1 is 1.06 bits per heavy atom. The van der Waals surface area contributed by atoms with Crippen LogP contribution in [0.5, 0.6) is 0 Å². The number of hydrogen-bond acceptors (Lipinski definition) is 5. The fourth-order valence-electron chi connectivity index (χ4n) is 3.90. The molecule has 1 aromatic heterocycles. The quantitative estimate of drug-likeness (QED) is 0.360. The van der Waals surface area contributed by atoms with E-state index >= 15 is 0 Å². The first-order chi connectivity index (χ1) is 16.8. The molecule has 1 unspecified atom stereocenters. The number of amides is 1. The van der Waals surface area contributed by atoms with Crippen molar-refractivity contribution in [1.29, 1.82) is 0 Å². The molecule has 1 aliphatic rings. The molecule has 10 heteroatoms. The summed E-state index contributed by atoms with van der Waals surface area (Å²) in [6, 6.07) is 15.6. The summed E-state index contributed by atoms with van der Waals surface area (Å²) in [5.41, 5.74) is 0.716. The van der Waals surface area contributed by atoms with Gasteiger partial charge in [-0.15, -0.1) is 0 Å². The molecule has 7 nitrogen and oxygen atoms in total. The maximum absolute atomic E-state index is 13.5. The van der Waals surface area contributed by atoms with Crippen LogP contribution in [0, 0.1) is 5.82 Å². The van der Waals surface area contributed by atoms with Crippen molar-refractivity contribution in [2.75, 3.05) is 19.7 Å². The predicted octanol–water partition coefficient (Wildman–Crippen LogP) is 4.58. The van der Waals surface area contributed by atoms with Crippen LogP contribution in [-0.4, -0.2) is 49.3 Å². The van der Waals surface area contributed by atoms with Gasteiger partial charge in [0.25, 0.3) is 0 Å². The maximum atomic E-state index is 13.5. The summed E-state index contributed by atoms with van der Waals surface area (Å²) in [4.78, 5) is 15.1. The number of halogens is 2. The van der Waals surface area contributed by atoms with Crippen molar-refractivity contribution in [3.8, 4) is 0 Å². The number of ether oxygens (including phenoxy) is 1. The second kappa shape index (κ2) is 11.5. The van der Waals surface area contributed by atoms with Gasteiger partial charge in [-0.25, -0.2) is 12.8 Å². The molecule has 2 heterocycles. The highest BCUT2D eigenvalue weighted by atomic mass is 79.9. The summed E-state index contributed by atoms with van der Waals surface area (Å²) >= 11 is 3.32. The van der Waals surface area contributed by atoms with Crippen LogP contribution in [0.4, 0.5) is 4.39 Å². The molecule has 0 radical (unpaired) electrons. The molecule has 1 aliphatic heterocycles. The molecule has 0 bridgehead atoms. The molecule has 186 valence electrons. The number of carbonyl (C=O) groups excluding carboxylic acids is 1. The van der Waals surface area contributed by atoms with Crippen molar-refractivity contribution in [1.82, 2.24) is 9.21 Å². The fourth-order valence-corrected chi connectivity index (χ4v) is 5.59. The van der Waals surface area contributed by atoms with Crippen LogP contribution in [0.3, 0.4) is 0 Å². The summed E-state index contributed by atoms with van der Waals surface area (Å²) in [5, 5.41) is 0. The van der Waals surface area contributed by atoms with Gasteiger partial charge < -0.3 is 14.1 Å². The van der Waals surface area contributed by atoms with Crippen molar-refractivity contribution in [2.45, 2.75) is 36.9 Å². The van der Waals surface area contributed by atoms with Gasteiger partial charge in [-0.3, -0.25) is 4.79 Å². The average molecular weight is 565 g/mol. The molecule has 3 aromatic rings. The molecule has 1 fully saturated rings. The zero-order valence-corrected chi connectivity index (χ0v) is 21.4. The minimum Gasteiger partial charge on any atom is -0.467 e. The Hall–Kier alpha value is -2.53. The maximum Gasteiger partial charge on any atom is 0.243 e. The van der Waals surface area contributed by atoms with E-state index in [4.69, 9.17) is 9.15 Å². The highest BCUT2D eigenvalue weighted by molar-refractivity contribution is 9.10. The topological polar surface area (TPSA) is 80.1 Å². The summed E-state index contributed by atoms with van der Waals surface area (Å²) in [5.74, 6) is -0.215. The molecule has 1 atom stereocenters. The molecule has 0 saturated carbocycles. The van der Waals surface area contributed by atoms with Crippen LogP contribution < -0.4 is 0 Å². The van der Waals surface area contributed by atoms with Crippen molar-refractivity contribution in [2.24, 2.45) is 0 Å². The highest BCUT2D eigenvalue weighted by Gasteiger charge is 2.32. The van der Waals surface area contributed by atoms with Crippen LogP contribution >= 0.6 is 15.9 Å². The lowest BCUT2D eigenvalue weighted by Crippen LogP contribution is -2.45. The van der Waals surface area contributed by atoms with Gasteiger partial charge in [0.1, 0.15) is 11.6 Å². The third-order valence-electron chi connectivity index (χ3n) is 5.76. The molecule has 1 amide bonds. The molecular formula is C25H26BrFN2O5S. The van der Waals surface area contributed by atoms with E-state index in [1.807, 2.05) is 0 Å². The van der Waals surface area contributed by atoms with Crippen molar-refractivity contribution in [3.63, 3.8) is 0 Å². The van der Waals surface area contributed by atoms with Gasteiger partial charge in [-0.1, -0.05) is 28.1 Å². The van der Waals surface area contributed by atoms with E-state index in [0.29, 0.717) is 17.9 Å². The lowest BCUT2D eigenvalue weighted by Gasteiger charge is -2.28. The van der Waals surface area contributed by atoms with Gasteiger partial charge in [0.05, 0.1) is 30.4 Å². The summed E-state index contributed by atoms with van der Waals surface area (Å²) in [7, 11) is -3.96. The molecule has 0 N–H and O–H groups in total. The van der Waals surface area contributed by atoms with E-state index < -0.39 is 15.9 Å². The fraction of sp³-hybridized carbons (Fsp3) is 0.320. The van der Waals surface area contributed by atoms with Gasteiger partial charge in [0.2, 0.25) is 15.9 Å². The smallest absolute Gasteiger partial charge is 0.243 e. The Bertz CT molecular complexity index is 1210. The highest BCUT2D eigenvalue weighted by Crippen LogP contribution is 2.23. The Kier molecular flexibility index (Phi) is 8.38. The SMILES string of the molecule is O=C(CN(CC1CCCO1)S(=O)(=O)c1ccc(Br)cc1)N(Cc1ccc(F)cc1)Cc1ccco1.